The number of hydrogen-bond acceptors (Lipinski definition) is 3. The first-order valence-electron chi connectivity index (χ1n) is 5.75. The third kappa shape index (κ3) is 1.74. The van der Waals surface area contributed by atoms with E-state index in [0.29, 0.717) is 23.5 Å². The van der Waals surface area contributed by atoms with Gasteiger partial charge in [0.2, 0.25) is 0 Å². The van der Waals surface area contributed by atoms with Crippen LogP contribution in [0.2, 0.25) is 0 Å². The van der Waals surface area contributed by atoms with Crippen molar-refractivity contribution in [2.75, 3.05) is 7.11 Å². The lowest BCUT2D eigenvalue weighted by molar-refractivity contribution is 0.0993. The quantitative estimate of drug-likeness (QED) is 0.767. The first-order valence-corrected chi connectivity index (χ1v) is 5.75. The molecule has 0 aromatic heterocycles. The summed E-state index contributed by atoms with van der Waals surface area (Å²) in [6.07, 6.45) is 0.337. The lowest BCUT2D eigenvalue weighted by Gasteiger charge is -2.08. The van der Waals surface area contributed by atoms with E-state index in [1.165, 1.54) is 0 Å². The highest BCUT2D eigenvalue weighted by atomic mass is 16.5. The van der Waals surface area contributed by atoms with E-state index in [2.05, 4.69) is 0 Å². The molecule has 0 aliphatic carbocycles. The van der Waals surface area contributed by atoms with Gasteiger partial charge in [-0.3, -0.25) is 4.79 Å². The molecule has 0 bridgehead atoms. The maximum absolute atomic E-state index is 12.1. The number of rotatable bonds is 1. The molecule has 1 heterocycles. The van der Waals surface area contributed by atoms with E-state index in [0.717, 1.165) is 11.3 Å². The van der Waals surface area contributed by atoms with Gasteiger partial charge in [0.05, 0.1) is 12.7 Å². The van der Waals surface area contributed by atoms with Gasteiger partial charge in [0, 0.05) is 12.0 Å². The molecule has 1 aliphatic heterocycles. The maximum atomic E-state index is 12.1. The molecule has 18 heavy (non-hydrogen) atoms. The van der Waals surface area contributed by atoms with E-state index in [-0.39, 0.29) is 5.78 Å². The molecule has 0 atom stereocenters. The Hall–Kier alpha value is -2.29. The van der Waals surface area contributed by atoms with Crippen molar-refractivity contribution in [2.24, 2.45) is 0 Å². The number of ketones is 1. The lowest BCUT2D eigenvalue weighted by atomic mass is 10.0. The van der Waals surface area contributed by atoms with Crippen LogP contribution >= 0.6 is 0 Å². The van der Waals surface area contributed by atoms with Crippen molar-refractivity contribution < 1.29 is 14.3 Å². The maximum Gasteiger partial charge on any atom is 0.171 e. The highest BCUT2D eigenvalue weighted by molar-refractivity contribution is 6.01. The van der Waals surface area contributed by atoms with Crippen LogP contribution in [0.15, 0.2) is 42.5 Å². The third-order valence-corrected chi connectivity index (χ3v) is 3.03. The van der Waals surface area contributed by atoms with Gasteiger partial charge in [-0.2, -0.15) is 0 Å². The van der Waals surface area contributed by atoms with Gasteiger partial charge in [-0.15, -0.1) is 0 Å². The van der Waals surface area contributed by atoms with E-state index < -0.39 is 0 Å². The minimum Gasteiger partial charge on any atom is -0.497 e. The van der Waals surface area contributed by atoms with Crippen LogP contribution in [0.25, 0.3) is 0 Å². The molecule has 3 rings (SSSR count). The molecule has 0 spiro atoms. The average Bonchev–Trinajstić information content (AvgIpc) is 2.54. The van der Waals surface area contributed by atoms with E-state index in [4.69, 9.17) is 9.47 Å². The summed E-state index contributed by atoms with van der Waals surface area (Å²) in [5.74, 6) is 2.13. The third-order valence-electron chi connectivity index (χ3n) is 3.03. The summed E-state index contributed by atoms with van der Waals surface area (Å²) < 4.78 is 11.0. The van der Waals surface area contributed by atoms with E-state index in [9.17, 15) is 4.79 Å². The molecule has 0 fully saturated rings. The van der Waals surface area contributed by atoms with Crippen molar-refractivity contribution >= 4 is 5.78 Å². The molecular weight excluding hydrogens is 228 g/mol. The predicted molar refractivity (Wildman–Crippen MR) is 67.5 cm³/mol. The number of ether oxygens (including phenoxy) is 2. The number of benzene rings is 2. The Morgan fingerprint density at radius 3 is 2.78 bits per heavy atom. The fraction of sp³-hybridized carbons (Fsp3) is 0.133. The Labute approximate surface area is 105 Å². The van der Waals surface area contributed by atoms with Crippen molar-refractivity contribution in [1.82, 2.24) is 0 Å². The first-order chi connectivity index (χ1) is 8.78. The second-order valence-electron chi connectivity index (χ2n) is 4.17. The minimum absolute atomic E-state index is 0.0672. The van der Waals surface area contributed by atoms with Gasteiger partial charge in [0.1, 0.15) is 17.2 Å². The van der Waals surface area contributed by atoms with Gasteiger partial charge in [-0.05, 0) is 30.3 Å². The summed E-state index contributed by atoms with van der Waals surface area (Å²) in [6.45, 7) is 0. The lowest BCUT2D eigenvalue weighted by Crippen LogP contribution is -2.01. The molecule has 2 aromatic rings. The number of fused-ring (bicyclic) bond motifs is 2. The molecular formula is C15H12O3. The molecule has 3 heteroatoms. The van der Waals surface area contributed by atoms with Gasteiger partial charge < -0.3 is 9.47 Å². The zero-order valence-corrected chi connectivity index (χ0v) is 9.97. The van der Waals surface area contributed by atoms with E-state index in [1.54, 1.807) is 13.2 Å². The number of carbonyl (C=O) groups excluding carboxylic acids is 1. The summed E-state index contributed by atoms with van der Waals surface area (Å²) in [4.78, 5) is 12.1. The molecule has 3 nitrogen and oxygen atoms in total. The molecule has 0 saturated carbocycles. The Balaban J connectivity index is 2.12. The number of Topliss-reactive ketones (excluding diaryl/α,β-unsaturated/α-hetero) is 1. The first kappa shape index (κ1) is 10.8. The molecule has 90 valence electrons. The molecule has 0 radical (unpaired) electrons. The molecule has 0 saturated heterocycles. The van der Waals surface area contributed by atoms with Gasteiger partial charge in [-0.1, -0.05) is 12.1 Å². The van der Waals surface area contributed by atoms with Crippen LogP contribution in [-0.2, 0) is 6.42 Å². The Morgan fingerprint density at radius 2 is 1.94 bits per heavy atom. The van der Waals surface area contributed by atoms with E-state index >= 15 is 0 Å². The van der Waals surface area contributed by atoms with Crippen LogP contribution in [-0.4, -0.2) is 12.9 Å². The van der Waals surface area contributed by atoms with Crippen LogP contribution in [0.1, 0.15) is 15.9 Å². The van der Waals surface area contributed by atoms with Crippen LogP contribution < -0.4 is 9.47 Å². The Bertz CT molecular complexity index is 617. The standard InChI is InChI=1S/C15H12O3/c1-17-11-6-7-14-10(8-11)9-13(16)12-4-2-3-5-15(12)18-14/h2-8H,9H2,1H3. The molecule has 0 amide bonds. The number of hydrogen-bond donors (Lipinski definition) is 0. The fourth-order valence-electron chi connectivity index (χ4n) is 2.09. The topological polar surface area (TPSA) is 35.5 Å². The van der Waals surface area contributed by atoms with Crippen LogP contribution in [0.5, 0.6) is 17.2 Å². The summed E-state index contributed by atoms with van der Waals surface area (Å²) >= 11 is 0. The van der Waals surface area contributed by atoms with Crippen molar-refractivity contribution in [1.29, 1.82) is 0 Å². The Morgan fingerprint density at radius 1 is 1.11 bits per heavy atom. The summed E-state index contributed by atoms with van der Waals surface area (Å²) in [7, 11) is 1.61. The van der Waals surface area contributed by atoms with Crippen molar-refractivity contribution in [2.45, 2.75) is 6.42 Å². The molecule has 2 aromatic carbocycles. The second kappa shape index (κ2) is 4.18. The molecule has 1 aliphatic rings. The monoisotopic (exact) mass is 240 g/mol. The minimum atomic E-state index is 0.0672. The van der Waals surface area contributed by atoms with Crippen LogP contribution in [0.4, 0.5) is 0 Å². The largest absolute Gasteiger partial charge is 0.497 e. The van der Waals surface area contributed by atoms with Crippen LogP contribution in [0.3, 0.4) is 0 Å². The molecule has 0 N–H and O–H groups in total. The highest BCUT2D eigenvalue weighted by Crippen LogP contribution is 2.35. The average molecular weight is 240 g/mol. The number of carbonyl (C=O) groups is 1. The van der Waals surface area contributed by atoms with Gasteiger partial charge in [0.15, 0.2) is 5.78 Å². The smallest absolute Gasteiger partial charge is 0.171 e. The van der Waals surface area contributed by atoms with Crippen molar-refractivity contribution in [3.05, 3.63) is 53.6 Å². The predicted octanol–water partition coefficient (Wildman–Crippen LogP) is 3.23. The van der Waals surface area contributed by atoms with E-state index in [1.807, 2.05) is 36.4 Å². The zero-order chi connectivity index (χ0) is 12.5. The highest BCUT2D eigenvalue weighted by Gasteiger charge is 2.20. The number of methoxy groups -OCH3 is 1. The second-order valence-corrected chi connectivity index (χ2v) is 4.17. The van der Waals surface area contributed by atoms with Gasteiger partial charge in [-0.25, -0.2) is 0 Å². The molecule has 0 unspecified atom stereocenters. The normalized spacial score (nSPS) is 13.1. The van der Waals surface area contributed by atoms with Crippen molar-refractivity contribution in [3.63, 3.8) is 0 Å². The number of para-hydroxylation sites is 1. The van der Waals surface area contributed by atoms with Gasteiger partial charge >= 0.3 is 0 Å². The fourth-order valence-corrected chi connectivity index (χ4v) is 2.09. The summed E-state index contributed by atoms with van der Waals surface area (Å²) in [6, 6.07) is 12.8. The van der Waals surface area contributed by atoms with Crippen LogP contribution in [0, 0.1) is 0 Å². The Kier molecular flexibility index (Phi) is 2.52. The SMILES string of the molecule is COc1ccc2c(c1)CC(=O)c1ccccc1O2. The summed E-state index contributed by atoms with van der Waals surface area (Å²) in [5, 5.41) is 0. The van der Waals surface area contributed by atoms with Gasteiger partial charge in [0.25, 0.3) is 0 Å². The summed E-state index contributed by atoms with van der Waals surface area (Å²) in [5.41, 5.74) is 1.49. The zero-order valence-electron chi connectivity index (χ0n) is 9.97. The van der Waals surface area contributed by atoms with Crippen molar-refractivity contribution in [3.8, 4) is 17.2 Å².